The summed E-state index contributed by atoms with van der Waals surface area (Å²) in [7, 11) is 2.01. The number of carbonyl (C=O) groups excluding carboxylic acids is 2. The van der Waals surface area contributed by atoms with E-state index in [4.69, 9.17) is 19.9 Å². The van der Waals surface area contributed by atoms with Gasteiger partial charge in [-0.1, -0.05) is 0 Å². The Bertz CT molecular complexity index is 1410. The third-order valence-electron chi connectivity index (χ3n) is 4.85. The van der Waals surface area contributed by atoms with Gasteiger partial charge < -0.3 is 30.0 Å². The molecule has 0 bridgehead atoms. The van der Waals surface area contributed by atoms with Crippen molar-refractivity contribution in [3.63, 3.8) is 0 Å². The number of nitrogens with two attached hydrogens (primary N) is 1. The van der Waals surface area contributed by atoms with Gasteiger partial charge in [0.25, 0.3) is 11.8 Å². The third-order valence-corrected chi connectivity index (χ3v) is 4.85. The zero-order chi connectivity index (χ0) is 29.1. The van der Waals surface area contributed by atoms with Crippen LogP contribution in [0.2, 0.25) is 0 Å². The molecule has 3 rings (SSSR count). The fourth-order valence-corrected chi connectivity index (χ4v) is 3.11. The van der Waals surface area contributed by atoms with Crippen LogP contribution < -0.4 is 30.0 Å². The van der Waals surface area contributed by atoms with Gasteiger partial charge in [-0.15, -0.1) is 13.2 Å². The number of alkyl halides is 6. The molecule has 0 radical (unpaired) electrons. The first-order valence-electron chi connectivity index (χ1n) is 10.5. The van der Waals surface area contributed by atoms with Crippen LogP contribution in [-0.4, -0.2) is 42.4 Å². The van der Waals surface area contributed by atoms with Crippen molar-refractivity contribution in [2.75, 3.05) is 19.5 Å². The monoisotopic (exact) mass is 560 g/mol. The van der Waals surface area contributed by atoms with Gasteiger partial charge in [0, 0.05) is 24.0 Å². The molecule has 39 heavy (non-hydrogen) atoms. The van der Waals surface area contributed by atoms with Crippen LogP contribution >= 0.6 is 0 Å². The van der Waals surface area contributed by atoms with E-state index in [0.29, 0.717) is 11.6 Å². The maximum absolute atomic E-state index is 13.6. The predicted molar refractivity (Wildman–Crippen MR) is 121 cm³/mol. The molecule has 0 aliphatic heterocycles. The number of benzene rings is 1. The summed E-state index contributed by atoms with van der Waals surface area (Å²) in [5.41, 5.74) is 3.26. The number of nitrogens with one attached hydrogen (secondary N) is 1. The van der Waals surface area contributed by atoms with Crippen molar-refractivity contribution in [3.8, 4) is 28.9 Å². The summed E-state index contributed by atoms with van der Waals surface area (Å²) in [4.78, 5) is 31.9. The van der Waals surface area contributed by atoms with Crippen LogP contribution in [0.25, 0.3) is 0 Å². The average Bonchev–Trinajstić information content (AvgIpc) is 2.83. The van der Waals surface area contributed by atoms with Crippen LogP contribution in [0.1, 0.15) is 32.1 Å². The Morgan fingerprint density at radius 2 is 1.64 bits per heavy atom. The smallest absolute Gasteiger partial charge is 0.493 e. The van der Waals surface area contributed by atoms with Gasteiger partial charge in [0.2, 0.25) is 5.88 Å². The fraction of sp³-hybridized carbons (Fsp3) is 0.217. The summed E-state index contributed by atoms with van der Waals surface area (Å²) in [6.45, 7) is 1.52. The van der Waals surface area contributed by atoms with Crippen LogP contribution in [0.5, 0.6) is 28.9 Å². The minimum absolute atomic E-state index is 0.0305. The first-order chi connectivity index (χ1) is 18.1. The molecule has 3 aromatic rings. The Morgan fingerprint density at radius 1 is 0.949 bits per heavy atom. The summed E-state index contributed by atoms with van der Waals surface area (Å²) in [5.74, 6) is -4.97. The van der Waals surface area contributed by atoms with Gasteiger partial charge in [-0.3, -0.25) is 14.6 Å². The van der Waals surface area contributed by atoms with E-state index in [1.165, 1.54) is 13.1 Å². The molecule has 0 unspecified atom stereocenters. The Labute approximate surface area is 215 Å². The summed E-state index contributed by atoms with van der Waals surface area (Å²) >= 11 is 0. The molecule has 10 nitrogen and oxygen atoms in total. The normalized spacial score (nSPS) is 11.5. The van der Waals surface area contributed by atoms with Crippen LogP contribution in [0.4, 0.5) is 32.0 Å². The molecule has 0 saturated carbocycles. The van der Waals surface area contributed by atoms with Gasteiger partial charge in [0.1, 0.15) is 22.8 Å². The van der Waals surface area contributed by atoms with Crippen molar-refractivity contribution < 1.29 is 54.9 Å². The molecule has 0 fully saturated rings. The molecule has 2 amide bonds. The van der Waals surface area contributed by atoms with Crippen molar-refractivity contribution in [1.82, 2.24) is 9.97 Å². The number of anilines is 1. The molecule has 0 aliphatic carbocycles. The highest BCUT2D eigenvalue weighted by atomic mass is 19.4. The average molecular weight is 560 g/mol. The summed E-state index contributed by atoms with van der Waals surface area (Å²) < 4.78 is 97.7. The maximum Gasteiger partial charge on any atom is 0.573 e. The molecule has 1 aromatic carbocycles. The minimum atomic E-state index is -5.03. The van der Waals surface area contributed by atoms with Crippen molar-refractivity contribution in [3.05, 3.63) is 59.0 Å². The molecule has 0 spiro atoms. The first kappa shape index (κ1) is 28.8. The van der Waals surface area contributed by atoms with Crippen molar-refractivity contribution in [2.45, 2.75) is 19.5 Å². The molecule has 2 aromatic heterocycles. The minimum Gasteiger partial charge on any atom is -0.493 e. The number of carbonyl (C=O) groups is 2. The largest absolute Gasteiger partial charge is 0.573 e. The lowest BCUT2D eigenvalue weighted by Crippen LogP contribution is -2.19. The van der Waals surface area contributed by atoms with Gasteiger partial charge in [-0.05, 0) is 30.7 Å². The van der Waals surface area contributed by atoms with Crippen LogP contribution in [0.15, 0.2) is 36.5 Å². The van der Waals surface area contributed by atoms with E-state index in [0.717, 1.165) is 38.5 Å². The number of rotatable bonds is 8. The second kappa shape index (κ2) is 10.9. The van der Waals surface area contributed by atoms with E-state index < -0.39 is 53.0 Å². The molecule has 0 atom stereocenters. The second-order valence-corrected chi connectivity index (χ2v) is 7.55. The van der Waals surface area contributed by atoms with Crippen LogP contribution in [0.3, 0.4) is 0 Å². The van der Waals surface area contributed by atoms with Gasteiger partial charge in [-0.2, -0.15) is 13.2 Å². The Balaban J connectivity index is 2.13. The van der Waals surface area contributed by atoms with E-state index in [1.807, 2.05) is 0 Å². The predicted octanol–water partition coefficient (Wildman–Crippen LogP) is 4.86. The topological polar surface area (TPSA) is 135 Å². The number of ether oxygens (including phenoxy) is 4. The Kier molecular flexibility index (Phi) is 8.07. The zero-order valence-corrected chi connectivity index (χ0v) is 20.2. The molecular formula is C23H18F6N4O6. The number of nitrogens with zero attached hydrogens (tertiary/aromatic N) is 2. The summed E-state index contributed by atoms with van der Waals surface area (Å²) in [6.07, 6.45) is -8.81. The van der Waals surface area contributed by atoms with Gasteiger partial charge >= 0.3 is 12.5 Å². The van der Waals surface area contributed by atoms with Crippen molar-refractivity contribution in [2.24, 2.45) is 5.73 Å². The summed E-state index contributed by atoms with van der Waals surface area (Å²) in [5, 5.41) is 2.40. The number of hydrogen-bond donors (Lipinski definition) is 2. The molecule has 0 saturated heterocycles. The van der Waals surface area contributed by atoms with Gasteiger partial charge in [-0.25, -0.2) is 4.98 Å². The highest BCUT2D eigenvalue weighted by Crippen LogP contribution is 2.41. The van der Waals surface area contributed by atoms with Gasteiger partial charge in [0.05, 0.1) is 14.2 Å². The molecular weight excluding hydrogens is 542 g/mol. The number of amides is 2. The van der Waals surface area contributed by atoms with E-state index >= 15 is 0 Å². The lowest BCUT2D eigenvalue weighted by molar-refractivity contribution is -0.274. The van der Waals surface area contributed by atoms with Crippen LogP contribution in [-0.2, 0) is 6.18 Å². The Morgan fingerprint density at radius 3 is 2.21 bits per heavy atom. The third kappa shape index (κ3) is 6.97. The maximum atomic E-state index is 13.6. The number of hydrogen-bond acceptors (Lipinski definition) is 8. The fourth-order valence-electron chi connectivity index (χ4n) is 3.11. The number of aryl methyl sites for hydroxylation is 1. The van der Waals surface area contributed by atoms with E-state index in [1.54, 1.807) is 0 Å². The van der Waals surface area contributed by atoms with E-state index in [2.05, 4.69) is 20.0 Å². The highest BCUT2D eigenvalue weighted by Gasteiger charge is 2.37. The number of pyridine rings is 2. The summed E-state index contributed by atoms with van der Waals surface area (Å²) in [6, 6.07) is 4.05. The molecule has 208 valence electrons. The lowest BCUT2D eigenvalue weighted by atomic mass is 10.1. The molecule has 2 heterocycles. The number of halogens is 6. The van der Waals surface area contributed by atoms with Crippen molar-refractivity contribution in [1.29, 1.82) is 0 Å². The quantitative estimate of drug-likeness (QED) is 0.373. The SMILES string of the molecule is COc1cc(OC(F)(F)F)ccc1Oc1cc(C(F)(F)F)nc(OC)c1C(=O)Nc1cc(C(N)=O)ncc1C. The van der Waals surface area contributed by atoms with E-state index in [-0.39, 0.29) is 22.9 Å². The molecule has 16 heteroatoms. The Hall–Kier alpha value is -4.76. The molecule has 3 N–H and O–H groups in total. The second-order valence-electron chi connectivity index (χ2n) is 7.55. The first-order valence-corrected chi connectivity index (χ1v) is 10.5. The van der Waals surface area contributed by atoms with Crippen molar-refractivity contribution >= 4 is 17.5 Å². The number of aromatic nitrogens is 2. The zero-order valence-electron chi connectivity index (χ0n) is 20.2. The highest BCUT2D eigenvalue weighted by molar-refractivity contribution is 6.08. The number of methoxy groups -OCH3 is 2. The van der Waals surface area contributed by atoms with E-state index in [9.17, 15) is 35.9 Å². The van der Waals surface area contributed by atoms with Gasteiger partial charge in [0.15, 0.2) is 17.2 Å². The standard InChI is InChI=1S/C23H18F6N4O6/c1-10-9-31-13(19(30)34)7-12(10)32-20(35)18-16(8-17(22(24,25)26)33-21(18)37-3)38-14-5-4-11(6-15(14)36-2)39-23(27,28)29/h4-9H,1-3H3,(H2,30,34)(H,31,32,35). The van der Waals surface area contributed by atoms with Crippen LogP contribution in [0, 0.1) is 6.92 Å². The number of primary amides is 1. The lowest BCUT2D eigenvalue weighted by Gasteiger charge is -2.18. The molecule has 0 aliphatic rings.